The molecule has 5 rings (SSSR count). The Morgan fingerprint density at radius 2 is 1.72 bits per heavy atom. The van der Waals surface area contributed by atoms with Crippen molar-refractivity contribution in [3.8, 4) is 11.4 Å². The number of nitrogens with one attached hydrogen (secondary N) is 2. The highest BCUT2D eigenvalue weighted by Crippen LogP contribution is 2.25. The molecule has 0 aliphatic carbocycles. The summed E-state index contributed by atoms with van der Waals surface area (Å²) < 4.78 is 1.92. The first-order valence-electron chi connectivity index (χ1n) is 11.5. The number of anilines is 2. The lowest BCUT2D eigenvalue weighted by atomic mass is 10.2. The van der Waals surface area contributed by atoms with E-state index >= 15 is 0 Å². The Morgan fingerprint density at radius 1 is 0.972 bits per heavy atom. The maximum atomic E-state index is 13.0. The van der Waals surface area contributed by atoms with Crippen molar-refractivity contribution in [3.63, 3.8) is 0 Å². The molecule has 1 aromatic carbocycles. The van der Waals surface area contributed by atoms with Gasteiger partial charge in [0, 0.05) is 55.4 Å². The Labute approximate surface area is 207 Å². The van der Waals surface area contributed by atoms with Crippen molar-refractivity contribution < 1.29 is 14.8 Å². The molecule has 36 heavy (non-hydrogen) atoms. The third-order valence-electron chi connectivity index (χ3n) is 6.24. The summed E-state index contributed by atoms with van der Waals surface area (Å²) in [5, 5.41) is 11.9. The van der Waals surface area contributed by atoms with Crippen LogP contribution in [0.4, 0.5) is 11.6 Å². The second-order valence-corrected chi connectivity index (χ2v) is 8.69. The first kappa shape index (κ1) is 23.4. The highest BCUT2D eigenvalue weighted by molar-refractivity contribution is 5.95. The molecule has 1 fully saturated rings. The van der Waals surface area contributed by atoms with Crippen LogP contribution in [0.5, 0.6) is 0 Å². The Hall–Kier alpha value is -4.35. The van der Waals surface area contributed by atoms with Gasteiger partial charge >= 0.3 is 0 Å². The number of aromatic nitrogens is 4. The Balaban J connectivity index is 1.39. The molecular formula is C25H26N8O3. The summed E-state index contributed by atoms with van der Waals surface area (Å²) in [5.74, 6) is -0.192. The van der Waals surface area contributed by atoms with Gasteiger partial charge in [-0.25, -0.2) is 20.4 Å². The Bertz CT molecular complexity index is 1430. The first-order valence-corrected chi connectivity index (χ1v) is 11.5. The van der Waals surface area contributed by atoms with Crippen LogP contribution in [0.25, 0.3) is 17.0 Å². The predicted molar refractivity (Wildman–Crippen MR) is 133 cm³/mol. The molecule has 0 spiro atoms. The second kappa shape index (κ2) is 9.72. The van der Waals surface area contributed by atoms with E-state index in [1.165, 1.54) is 0 Å². The van der Waals surface area contributed by atoms with Crippen molar-refractivity contribution in [3.05, 3.63) is 71.7 Å². The van der Waals surface area contributed by atoms with Gasteiger partial charge in [-0.15, -0.1) is 0 Å². The van der Waals surface area contributed by atoms with Gasteiger partial charge in [-0.05, 0) is 56.4 Å². The lowest BCUT2D eigenvalue weighted by Crippen LogP contribution is -2.47. The molecule has 1 aliphatic rings. The zero-order chi connectivity index (χ0) is 25.2. The lowest BCUT2D eigenvalue weighted by Gasteiger charge is -2.32. The number of hydroxylamine groups is 1. The minimum absolute atomic E-state index is 0.0174. The van der Waals surface area contributed by atoms with Crippen LogP contribution in [-0.2, 0) is 0 Å². The van der Waals surface area contributed by atoms with Crippen LogP contribution >= 0.6 is 0 Å². The Kier molecular flexibility index (Phi) is 6.32. The van der Waals surface area contributed by atoms with Gasteiger partial charge in [-0.1, -0.05) is 0 Å². The number of amides is 2. The van der Waals surface area contributed by atoms with Crippen LogP contribution in [0.15, 0.2) is 54.9 Å². The van der Waals surface area contributed by atoms with E-state index in [1.807, 2.05) is 34.6 Å². The summed E-state index contributed by atoms with van der Waals surface area (Å²) in [5.41, 5.74) is 6.17. The molecule has 4 aromatic rings. The minimum Gasteiger partial charge on any atom is -0.336 e. The summed E-state index contributed by atoms with van der Waals surface area (Å²) in [6.45, 7) is 5.07. The average molecular weight is 487 g/mol. The van der Waals surface area contributed by atoms with E-state index in [1.54, 1.807) is 42.0 Å². The molecule has 184 valence electrons. The molecule has 2 amide bonds. The van der Waals surface area contributed by atoms with E-state index in [4.69, 9.17) is 5.21 Å². The summed E-state index contributed by atoms with van der Waals surface area (Å²) in [6, 6.07) is 12.0. The molecule has 0 saturated carbocycles. The highest BCUT2D eigenvalue weighted by atomic mass is 16.5. The minimum atomic E-state index is -0.587. The number of aryl methyl sites for hydroxylation is 1. The number of likely N-dealkylation sites (N-methyl/N-ethyl adjacent to an activating group) is 1. The number of imidazole rings is 1. The van der Waals surface area contributed by atoms with Crippen LogP contribution in [0.3, 0.4) is 0 Å². The third-order valence-corrected chi connectivity index (χ3v) is 6.24. The van der Waals surface area contributed by atoms with Gasteiger partial charge in [0.1, 0.15) is 5.65 Å². The van der Waals surface area contributed by atoms with Gasteiger partial charge in [0.05, 0.1) is 17.1 Å². The number of fused-ring (bicyclic) bond motifs is 1. The maximum absolute atomic E-state index is 13.0. The van der Waals surface area contributed by atoms with Crippen molar-refractivity contribution >= 4 is 29.1 Å². The SMILES string of the molecule is Cc1nc2cc(C(=O)N3CCN(C)CC3)ccn2c1-c1ccnc(Nc2ccc(C(=O)NO)cc2)n1. The summed E-state index contributed by atoms with van der Waals surface area (Å²) in [7, 11) is 2.06. The largest absolute Gasteiger partial charge is 0.336 e. The van der Waals surface area contributed by atoms with Gasteiger partial charge < -0.3 is 15.1 Å². The number of benzene rings is 1. The molecule has 3 N–H and O–H groups in total. The van der Waals surface area contributed by atoms with Crippen molar-refractivity contribution in [1.29, 1.82) is 0 Å². The number of hydrogen-bond donors (Lipinski definition) is 3. The fourth-order valence-electron chi connectivity index (χ4n) is 4.25. The van der Waals surface area contributed by atoms with Crippen molar-refractivity contribution in [2.45, 2.75) is 6.92 Å². The zero-order valence-corrected chi connectivity index (χ0v) is 20.0. The van der Waals surface area contributed by atoms with E-state index in [0.29, 0.717) is 47.2 Å². The number of nitrogens with zero attached hydrogens (tertiary/aromatic N) is 6. The molecule has 1 aliphatic heterocycles. The molecule has 0 radical (unpaired) electrons. The van der Waals surface area contributed by atoms with Gasteiger partial charge in [0.15, 0.2) is 0 Å². The fourth-order valence-corrected chi connectivity index (χ4v) is 4.25. The average Bonchev–Trinajstić information content (AvgIpc) is 3.23. The quantitative estimate of drug-likeness (QED) is 0.290. The van der Waals surface area contributed by atoms with Crippen molar-refractivity contribution in [2.24, 2.45) is 0 Å². The van der Waals surface area contributed by atoms with Gasteiger partial charge in [0.2, 0.25) is 5.95 Å². The van der Waals surface area contributed by atoms with Crippen molar-refractivity contribution in [1.82, 2.24) is 34.6 Å². The van der Waals surface area contributed by atoms with Crippen LogP contribution in [0.2, 0.25) is 0 Å². The van der Waals surface area contributed by atoms with E-state index in [-0.39, 0.29) is 5.91 Å². The number of hydrogen-bond acceptors (Lipinski definition) is 8. The molecular weight excluding hydrogens is 460 g/mol. The standard InChI is InChI=1S/C25H26N8O3/c1-16-22(20-7-9-26-25(29-20)28-19-5-3-17(4-6-19)23(34)30-36)33-10-8-18(15-21(33)27-16)24(35)32-13-11-31(2)12-14-32/h3-10,15,36H,11-14H2,1-2H3,(H,30,34)(H,26,28,29). The molecule has 1 saturated heterocycles. The molecule has 0 atom stereocenters. The number of pyridine rings is 1. The normalized spacial score (nSPS) is 14.1. The third kappa shape index (κ3) is 4.61. The summed E-state index contributed by atoms with van der Waals surface area (Å²) >= 11 is 0. The zero-order valence-electron chi connectivity index (χ0n) is 20.0. The van der Waals surface area contributed by atoms with Gasteiger partial charge in [-0.2, -0.15) is 0 Å². The molecule has 4 heterocycles. The van der Waals surface area contributed by atoms with Crippen LogP contribution < -0.4 is 10.8 Å². The van der Waals surface area contributed by atoms with Crippen LogP contribution in [0, 0.1) is 6.92 Å². The Morgan fingerprint density at radius 3 is 2.44 bits per heavy atom. The second-order valence-electron chi connectivity index (χ2n) is 8.69. The molecule has 0 bridgehead atoms. The molecule has 0 unspecified atom stereocenters. The highest BCUT2D eigenvalue weighted by Gasteiger charge is 2.22. The number of carbonyl (C=O) groups is 2. The van der Waals surface area contributed by atoms with E-state index in [2.05, 4.69) is 32.2 Å². The molecule has 3 aromatic heterocycles. The van der Waals surface area contributed by atoms with Crippen LogP contribution in [-0.4, -0.2) is 79.4 Å². The molecule has 11 nitrogen and oxygen atoms in total. The van der Waals surface area contributed by atoms with E-state index < -0.39 is 5.91 Å². The maximum Gasteiger partial charge on any atom is 0.274 e. The van der Waals surface area contributed by atoms with Gasteiger partial charge in [0.25, 0.3) is 11.8 Å². The summed E-state index contributed by atoms with van der Waals surface area (Å²) in [6.07, 6.45) is 3.51. The monoisotopic (exact) mass is 486 g/mol. The van der Waals surface area contributed by atoms with E-state index in [9.17, 15) is 9.59 Å². The smallest absolute Gasteiger partial charge is 0.274 e. The van der Waals surface area contributed by atoms with E-state index in [0.717, 1.165) is 24.5 Å². The predicted octanol–water partition coefficient (Wildman–Crippen LogP) is 2.35. The van der Waals surface area contributed by atoms with Crippen LogP contribution in [0.1, 0.15) is 26.4 Å². The van der Waals surface area contributed by atoms with Gasteiger partial charge in [-0.3, -0.25) is 19.2 Å². The van der Waals surface area contributed by atoms with Crippen molar-refractivity contribution in [2.75, 3.05) is 38.5 Å². The summed E-state index contributed by atoms with van der Waals surface area (Å²) in [4.78, 5) is 42.3. The first-order chi connectivity index (χ1) is 17.4. The topological polar surface area (TPSA) is 128 Å². The number of piperazine rings is 1. The number of carbonyl (C=O) groups excluding carboxylic acids is 2. The fraction of sp³-hybridized carbons (Fsp3) is 0.240. The lowest BCUT2D eigenvalue weighted by molar-refractivity contribution is 0.0663. The molecule has 11 heteroatoms. The number of rotatable bonds is 5.